The van der Waals surface area contributed by atoms with Gasteiger partial charge in [-0.05, 0) is 43.2 Å². The van der Waals surface area contributed by atoms with E-state index in [0.29, 0.717) is 24.3 Å². The molecule has 1 aliphatic rings. The molecule has 1 saturated carbocycles. The quantitative estimate of drug-likeness (QED) is 0.837. The van der Waals surface area contributed by atoms with Gasteiger partial charge in [-0.3, -0.25) is 0 Å². The Hall–Kier alpha value is -1.60. The summed E-state index contributed by atoms with van der Waals surface area (Å²) in [6.07, 6.45) is 1.26. The van der Waals surface area contributed by atoms with Crippen molar-refractivity contribution in [1.29, 1.82) is 0 Å². The minimum Gasteiger partial charge on any atom is -0.456 e. The number of halogens is 1. The second-order valence-corrected chi connectivity index (χ2v) is 7.64. The molecule has 0 atom stereocenters. The molecule has 0 spiro atoms. The predicted molar refractivity (Wildman–Crippen MR) is 87.3 cm³/mol. The van der Waals surface area contributed by atoms with Crippen molar-refractivity contribution in [2.75, 3.05) is 6.61 Å². The Bertz CT molecular complexity index is 804. The standard InChI is InChI=1S/C16H16ClNO4S/c17-14-10-13(23(20,21)18-16(11-19)8-9-16)6-7-15(14)22-12-4-2-1-3-5-12/h1-7,10,18-19H,8-9,11H2. The first-order valence-corrected chi connectivity index (χ1v) is 8.98. The van der Waals surface area contributed by atoms with E-state index < -0.39 is 15.6 Å². The molecule has 3 rings (SSSR count). The number of sulfonamides is 1. The molecule has 2 aromatic rings. The molecular formula is C16H16ClNO4S. The summed E-state index contributed by atoms with van der Waals surface area (Å²) in [6.45, 7) is -0.213. The topological polar surface area (TPSA) is 75.6 Å². The van der Waals surface area contributed by atoms with Crippen LogP contribution < -0.4 is 9.46 Å². The van der Waals surface area contributed by atoms with Gasteiger partial charge in [-0.2, -0.15) is 0 Å². The van der Waals surface area contributed by atoms with E-state index >= 15 is 0 Å². The second kappa shape index (κ2) is 6.13. The average molecular weight is 354 g/mol. The largest absolute Gasteiger partial charge is 0.456 e. The fourth-order valence-corrected chi connectivity index (χ4v) is 3.89. The molecule has 0 unspecified atom stereocenters. The third kappa shape index (κ3) is 3.67. The van der Waals surface area contributed by atoms with E-state index in [1.165, 1.54) is 18.2 Å². The van der Waals surface area contributed by atoms with E-state index in [-0.39, 0.29) is 16.5 Å². The van der Waals surface area contributed by atoms with E-state index in [2.05, 4.69) is 4.72 Å². The van der Waals surface area contributed by atoms with Crippen molar-refractivity contribution in [3.8, 4) is 11.5 Å². The highest BCUT2D eigenvalue weighted by Crippen LogP contribution is 2.37. The van der Waals surface area contributed by atoms with Gasteiger partial charge in [-0.15, -0.1) is 0 Å². The fourth-order valence-electron chi connectivity index (χ4n) is 2.13. The lowest BCUT2D eigenvalue weighted by Crippen LogP contribution is -2.39. The zero-order valence-corrected chi connectivity index (χ0v) is 13.8. The number of para-hydroxylation sites is 1. The molecule has 0 aliphatic heterocycles. The summed E-state index contributed by atoms with van der Waals surface area (Å²) >= 11 is 6.14. The molecule has 23 heavy (non-hydrogen) atoms. The minimum atomic E-state index is -3.73. The molecule has 0 amide bonds. The summed E-state index contributed by atoms with van der Waals surface area (Å²) in [6, 6.07) is 13.4. The van der Waals surface area contributed by atoms with Crippen LogP contribution in [0.5, 0.6) is 11.5 Å². The van der Waals surface area contributed by atoms with Crippen LogP contribution in [0.3, 0.4) is 0 Å². The molecule has 122 valence electrons. The third-order valence-corrected chi connectivity index (χ3v) is 5.56. The van der Waals surface area contributed by atoms with Crippen LogP contribution >= 0.6 is 11.6 Å². The fraction of sp³-hybridized carbons (Fsp3) is 0.250. The molecule has 1 fully saturated rings. The number of benzene rings is 2. The Morgan fingerprint density at radius 2 is 1.87 bits per heavy atom. The summed E-state index contributed by atoms with van der Waals surface area (Å²) in [5.74, 6) is 0.987. The van der Waals surface area contributed by atoms with E-state index in [1.54, 1.807) is 12.1 Å². The van der Waals surface area contributed by atoms with Crippen molar-refractivity contribution in [3.05, 3.63) is 53.6 Å². The van der Waals surface area contributed by atoms with Crippen LogP contribution in [0.2, 0.25) is 5.02 Å². The highest BCUT2D eigenvalue weighted by molar-refractivity contribution is 7.89. The molecular weight excluding hydrogens is 338 g/mol. The van der Waals surface area contributed by atoms with Gasteiger partial charge in [0.1, 0.15) is 11.5 Å². The van der Waals surface area contributed by atoms with E-state index in [1.807, 2.05) is 18.2 Å². The van der Waals surface area contributed by atoms with Crippen molar-refractivity contribution < 1.29 is 18.3 Å². The molecule has 2 aromatic carbocycles. The molecule has 5 nitrogen and oxygen atoms in total. The summed E-state index contributed by atoms with van der Waals surface area (Å²) in [4.78, 5) is 0.0441. The van der Waals surface area contributed by atoms with Gasteiger partial charge in [-0.25, -0.2) is 13.1 Å². The normalized spacial score (nSPS) is 16.1. The van der Waals surface area contributed by atoms with Crippen LogP contribution in [0.1, 0.15) is 12.8 Å². The van der Waals surface area contributed by atoms with Gasteiger partial charge >= 0.3 is 0 Å². The Balaban J connectivity index is 1.81. The number of aliphatic hydroxyl groups excluding tert-OH is 1. The lowest BCUT2D eigenvalue weighted by molar-refractivity contribution is 0.246. The first kappa shape index (κ1) is 16.3. The molecule has 0 aromatic heterocycles. The Kier molecular flexibility index (Phi) is 4.33. The van der Waals surface area contributed by atoms with Crippen molar-refractivity contribution in [1.82, 2.24) is 4.72 Å². The zero-order valence-electron chi connectivity index (χ0n) is 12.2. The SMILES string of the molecule is O=S(=O)(NC1(CO)CC1)c1ccc(Oc2ccccc2)c(Cl)c1. The van der Waals surface area contributed by atoms with Gasteiger partial charge in [0.15, 0.2) is 0 Å². The van der Waals surface area contributed by atoms with Crippen molar-refractivity contribution in [2.45, 2.75) is 23.3 Å². The number of rotatable bonds is 6. The number of ether oxygens (including phenoxy) is 1. The van der Waals surface area contributed by atoms with Gasteiger partial charge in [0.05, 0.1) is 22.1 Å². The molecule has 0 bridgehead atoms. The minimum absolute atomic E-state index is 0.0441. The van der Waals surface area contributed by atoms with E-state index in [0.717, 1.165) is 0 Å². The number of hydrogen-bond acceptors (Lipinski definition) is 4. The van der Waals surface area contributed by atoms with Crippen LogP contribution in [0.25, 0.3) is 0 Å². The lowest BCUT2D eigenvalue weighted by Gasteiger charge is -2.15. The molecule has 0 heterocycles. The van der Waals surface area contributed by atoms with Gasteiger partial charge < -0.3 is 9.84 Å². The molecule has 1 aliphatic carbocycles. The highest BCUT2D eigenvalue weighted by atomic mass is 35.5. The third-order valence-electron chi connectivity index (χ3n) is 3.69. The Morgan fingerprint density at radius 1 is 1.17 bits per heavy atom. The van der Waals surface area contributed by atoms with Gasteiger partial charge in [-0.1, -0.05) is 29.8 Å². The monoisotopic (exact) mass is 353 g/mol. The van der Waals surface area contributed by atoms with Gasteiger partial charge in [0.25, 0.3) is 0 Å². The van der Waals surface area contributed by atoms with Crippen LogP contribution in [0, 0.1) is 0 Å². The van der Waals surface area contributed by atoms with Crippen molar-refractivity contribution in [3.63, 3.8) is 0 Å². The molecule has 7 heteroatoms. The maximum Gasteiger partial charge on any atom is 0.241 e. The number of aliphatic hydroxyl groups is 1. The van der Waals surface area contributed by atoms with Crippen LogP contribution in [-0.4, -0.2) is 25.7 Å². The Labute approximate surface area is 139 Å². The maximum atomic E-state index is 12.3. The Morgan fingerprint density at radius 3 is 2.43 bits per heavy atom. The lowest BCUT2D eigenvalue weighted by atomic mass is 10.3. The summed E-state index contributed by atoms with van der Waals surface area (Å²) in [5.41, 5.74) is -0.718. The predicted octanol–water partition coefficient (Wildman–Crippen LogP) is 2.94. The maximum absolute atomic E-state index is 12.3. The van der Waals surface area contributed by atoms with Gasteiger partial charge in [0, 0.05) is 0 Å². The van der Waals surface area contributed by atoms with Crippen LogP contribution in [-0.2, 0) is 10.0 Å². The zero-order chi connectivity index (χ0) is 16.5. The van der Waals surface area contributed by atoms with E-state index in [9.17, 15) is 13.5 Å². The van der Waals surface area contributed by atoms with Crippen LogP contribution in [0.15, 0.2) is 53.4 Å². The van der Waals surface area contributed by atoms with E-state index in [4.69, 9.17) is 16.3 Å². The summed E-state index contributed by atoms with van der Waals surface area (Å²) in [7, 11) is -3.73. The smallest absolute Gasteiger partial charge is 0.241 e. The van der Waals surface area contributed by atoms with Gasteiger partial charge in [0.2, 0.25) is 10.0 Å². The molecule has 2 N–H and O–H groups in total. The first-order chi connectivity index (χ1) is 10.9. The number of hydrogen-bond donors (Lipinski definition) is 2. The molecule has 0 saturated heterocycles. The first-order valence-electron chi connectivity index (χ1n) is 7.11. The summed E-state index contributed by atoms with van der Waals surface area (Å²) < 4.78 is 32.8. The number of nitrogens with one attached hydrogen (secondary N) is 1. The van der Waals surface area contributed by atoms with Crippen molar-refractivity contribution in [2.24, 2.45) is 0 Å². The average Bonchev–Trinajstić information content (AvgIpc) is 3.30. The van der Waals surface area contributed by atoms with Crippen LogP contribution in [0.4, 0.5) is 0 Å². The summed E-state index contributed by atoms with van der Waals surface area (Å²) in [5, 5.41) is 9.46. The molecule has 0 radical (unpaired) electrons. The second-order valence-electron chi connectivity index (χ2n) is 5.55. The highest BCUT2D eigenvalue weighted by Gasteiger charge is 2.45. The van der Waals surface area contributed by atoms with Crippen molar-refractivity contribution >= 4 is 21.6 Å².